The monoisotopic (exact) mass is 317 g/mol. The minimum atomic E-state index is -0.610. The Balaban J connectivity index is 2.53. The van der Waals surface area contributed by atoms with Crippen LogP contribution in [0.25, 0.3) is 0 Å². The zero-order chi connectivity index (χ0) is 16.8. The molecular formula is C18H23NO4. The van der Waals surface area contributed by atoms with Gasteiger partial charge in [-0.2, -0.15) is 0 Å². The molecule has 1 aromatic rings. The van der Waals surface area contributed by atoms with Crippen LogP contribution in [0, 0.1) is 18.3 Å². The quantitative estimate of drug-likeness (QED) is 0.785. The van der Waals surface area contributed by atoms with Gasteiger partial charge in [-0.25, -0.2) is 0 Å². The third-order valence-electron chi connectivity index (χ3n) is 4.25. The van der Waals surface area contributed by atoms with E-state index in [2.05, 4.69) is 5.92 Å². The summed E-state index contributed by atoms with van der Waals surface area (Å²) < 4.78 is 16.6. The molecule has 0 spiro atoms. The molecule has 0 bridgehead atoms. The molecule has 0 aliphatic heterocycles. The molecule has 1 amide bonds. The van der Waals surface area contributed by atoms with Crippen molar-refractivity contribution < 1.29 is 19.0 Å². The van der Waals surface area contributed by atoms with Crippen molar-refractivity contribution in [2.45, 2.75) is 32.1 Å². The molecule has 0 atom stereocenters. The van der Waals surface area contributed by atoms with Gasteiger partial charge >= 0.3 is 0 Å². The second-order valence-corrected chi connectivity index (χ2v) is 5.68. The highest BCUT2D eigenvalue weighted by atomic mass is 16.5. The molecule has 124 valence electrons. The summed E-state index contributed by atoms with van der Waals surface area (Å²) in [5, 5.41) is 0. The Morgan fingerprint density at radius 1 is 1.30 bits per heavy atom. The summed E-state index contributed by atoms with van der Waals surface area (Å²) in [4.78, 5) is 11.8. The van der Waals surface area contributed by atoms with Crippen LogP contribution in [-0.4, -0.2) is 26.7 Å². The molecule has 2 N–H and O–H groups in total. The molecule has 0 aromatic heterocycles. The van der Waals surface area contributed by atoms with Gasteiger partial charge in [-0.3, -0.25) is 4.79 Å². The molecule has 0 unspecified atom stereocenters. The van der Waals surface area contributed by atoms with Crippen LogP contribution < -0.4 is 19.9 Å². The Morgan fingerprint density at radius 3 is 2.52 bits per heavy atom. The number of hydrogen-bond acceptors (Lipinski definition) is 4. The summed E-state index contributed by atoms with van der Waals surface area (Å²) in [5.74, 6) is 3.74. The van der Waals surface area contributed by atoms with Gasteiger partial charge in [0.2, 0.25) is 0 Å². The SMILES string of the molecule is C#CCOc1c(C(N)=O)cc(OC)c(CC2CCCC2)c1OC. The van der Waals surface area contributed by atoms with Gasteiger partial charge in [0.15, 0.2) is 11.5 Å². The first-order valence-corrected chi connectivity index (χ1v) is 7.76. The number of ether oxygens (including phenoxy) is 3. The van der Waals surface area contributed by atoms with Crippen molar-refractivity contribution in [2.24, 2.45) is 11.7 Å². The number of amides is 1. The van der Waals surface area contributed by atoms with Crippen molar-refractivity contribution in [2.75, 3.05) is 20.8 Å². The van der Waals surface area contributed by atoms with Gasteiger partial charge in [-0.15, -0.1) is 6.42 Å². The largest absolute Gasteiger partial charge is 0.496 e. The van der Waals surface area contributed by atoms with Gasteiger partial charge in [0, 0.05) is 5.56 Å². The number of carbonyl (C=O) groups is 1. The van der Waals surface area contributed by atoms with E-state index in [0.717, 1.165) is 12.0 Å². The molecule has 1 aliphatic rings. The lowest BCUT2D eigenvalue weighted by Gasteiger charge is -2.21. The number of primary amides is 1. The molecule has 1 aromatic carbocycles. The molecule has 1 aliphatic carbocycles. The van der Waals surface area contributed by atoms with Crippen LogP contribution in [0.1, 0.15) is 41.6 Å². The second kappa shape index (κ2) is 7.77. The van der Waals surface area contributed by atoms with Gasteiger partial charge in [0.05, 0.1) is 19.8 Å². The first-order valence-electron chi connectivity index (χ1n) is 7.76. The third-order valence-corrected chi connectivity index (χ3v) is 4.25. The van der Waals surface area contributed by atoms with E-state index in [4.69, 9.17) is 26.4 Å². The molecular weight excluding hydrogens is 294 g/mol. The fourth-order valence-electron chi connectivity index (χ4n) is 3.19. The fourth-order valence-corrected chi connectivity index (χ4v) is 3.19. The van der Waals surface area contributed by atoms with E-state index >= 15 is 0 Å². The maximum Gasteiger partial charge on any atom is 0.252 e. The molecule has 5 heteroatoms. The summed E-state index contributed by atoms with van der Waals surface area (Å²) in [6.45, 7) is 0.0336. The predicted molar refractivity (Wildman–Crippen MR) is 88.1 cm³/mol. The zero-order valence-corrected chi connectivity index (χ0v) is 13.7. The number of hydrogen-bond donors (Lipinski definition) is 1. The highest BCUT2D eigenvalue weighted by molar-refractivity contribution is 5.97. The number of rotatable bonds is 7. The minimum Gasteiger partial charge on any atom is -0.496 e. The first kappa shape index (κ1) is 17.0. The Morgan fingerprint density at radius 2 is 2.00 bits per heavy atom. The lowest BCUT2D eigenvalue weighted by Crippen LogP contribution is -2.16. The first-order chi connectivity index (χ1) is 11.1. The van der Waals surface area contributed by atoms with Crippen LogP contribution >= 0.6 is 0 Å². The highest BCUT2D eigenvalue weighted by Gasteiger charge is 2.26. The fraction of sp³-hybridized carbons (Fsp3) is 0.500. The number of carbonyl (C=O) groups excluding carboxylic acids is 1. The van der Waals surface area contributed by atoms with E-state index in [1.807, 2.05) is 0 Å². The maximum atomic E-state index is 11.8. The molecule has 1 saturated carbocycles. The standard InChI is InChI=1S/C18H23NO4/c1-4-9-23-17-14(18(19)20)11-15(21-2)13(16(17)22-3)10-12-7-5-6-8-12/h1,11-12H,5-10H2,2-3H3,(H2,19,20). The number of nitrogens with two attached hydrogens (primary N) is 1. The van der Waals surface area contributed by atoms with Crippen LogP contribution in [0.2, 0.25) is 0 Å². The normalized spacial score (nSPS) is 14.3. The average molecular weight is 317 g/mol. The van der Waals surface area contributed by atoms with Crippen molar-refractivity contribution >= 4 is 5.91 Å². The summed E-state index contributed by atoms with van der Waals surface area (Å²) >= 11 is 0. The molecule has 23 heavy (non-hydrogen) atoms. The van der Waals surface area contributed by atoms with E-state index in [9.17, 15) is 4.79 Å². The van der Waals surface area contributed by atoms with Crippen LogP contribution in [0.15, 0.2) is 6.07 Å². The smallest absolute Gasteiger partial charge is 0.252 e. The Hall–Kier alpha value is -2.35. The van der Waals surface area contributed by atoms with E-state index in [-0.39, 0.29) is 12.2 Å². The highest BCUT2D eigenvalue weighted by Crippen LogP contribution is 2.43. The summed E-state index contributed by atoms with van der Waals surface area (Å²) in [5.41, 5.74) is 6.58. The Kier molecular flexibility index (Phi) is 5.75. The molecule has 5 nitrogen and oxygen atoms in total. The Labute approximate surface area is 137 Å². The van der Waals surface area contributed by atoms with Gasteiger partial charge in [-0.1, -0.05) is 31.6 Å². The van der Waals surface area contributed by atoms with Crippen molar-refractivity contribution in [1.82, 2.24) is 0 Å². The van der Waals surface area contributed by atoms with E-state index in [1.165, 1.54) is 25.7 Å². The van der Waals surface area contributed by atoms with E-state index in [0.29, 0.717) is 23.2 Å². The van der Waals surface area contributed by atoms with Crippen molar-refractivity contribution in [3.05, 3.63) is 17.2 Å². The third kappa shape index (κ3) is 3.70. The van der Waals surface area contributed by atoms with Crippen LogP contribution in [0.5, 0.6) is 17.2 Å². The van der Waals surface area contributed by atoms with Gasteiger partial charge in [0.25, 0.3) is 5.91 Å². The second-order valence-electron chi connectivity index (χ2n) is 5.68. The lowest BCUT2D eigenvalue weighted by molar-refractivity contribution is 0.0995. The lowest BCUT2D eigenvalue weighted by atomic mass is 9.94. The maximum absolute atomic E-state index is 11.8. The van der Waals surface area contributed by atoms with Crippen LogP contribution in [0.4, 0.5) is 0 Å². The van der Waals surface area contributed by atoms with Crippen LogP contribution in [-0.2, 0) is 6.42 Å². The van der Waals surface area contributed by atoms with Gasteiger partial charge < -0.3 is 19.9 Å². The van der Waals surface area contributed by atoms with Crippen LogP contribution in [0.3, 0.4) is 0 Å². The predicted octanol–water partition coefficient (Wildman–Crippen LogP) is 2.55. The summed E-state index contributed by atoms with van der Waals surface area (Å²) in [7, 11) is 3.11. The molecule has 0 saturated heterocycles. The number of terminal acetylenes is 1. The average Bonchev–Trinajstić information content (AvgIpc) is 3.05. The number of methoxy groups -OCH3 is 2. The molecule has 1 fully saturated rings. The molecule has 0 radical (unpaired) electrons. The Bertz CT molecular complexity index is 612. The van der Waals surface area contributed by atoms with Crippen molar-refractivity contribution in [1.29, 1.82) is 0 Å². The van der Waals surface area contributed by atoms with Gasteiger partial charge in [-0.05, 0) is 18.4 Å². The molecule has 0 heterocycles. The van der Waals surface area contributed by atoms with E-state index in [1.54, 1.807) is 20.3 Å². The molecule has 2 rings (SSSR count). The zero-order valence-electron chi connectivity index (χ0n) is 13.7. The summed E-state index contributed by atoms with van der Waals surface area (Å²) in [6.07, 6.45) is 10.9. The number of benzene rings is 1. The van der Waals surface area contributed by atoms with Gasteiger partial charge in [0.1, 0.15) is 12.4 Å². The summed E-state index contributed by atoms with van der Waals surface area (Å²) in [6, 6.07) is 1.61. The van der Waals surface area contributed by atoms with E-state index < -0.39 is 5.91 Å². The topological polar surface area (TPSA) is 70.8 Å². The van der Waals surface area contributed by atoms with Crippen molar-refractivity contribution in [3.63, 3.8) is 0 Å². The minimum absolute atomic E-state index is 0.0336. The van der Waals surface area contributed by atoms with Crippen molar-refractivity contribution in [3.8, 4) is 29.6 Å².